The van der Waals surface area contributed by atoms with Crippen LogP contribution in [0.25, 0.3) is 0 Å². The highest BCUT2D eigenvalue weighted by molar-refractivity contribution is 6.23. The molecule has 2 aliphatic heterocycles. The molecular weight excluding hydrogens is 415 g/mol. The monoisotopic (exact) mass is 462 g/mol. The molecule has 0 aromatic carbocycles. The van der Waals surface area contributed by atoms with Crippen molar-refractivity contribution in [3.05, 3.63) is 0 Å². The Morgan fingerprint density at radius 1 is 0.700 bits per heavy atom. The molecule has 6 heteroatoms. The third-order valence-electron chi connectivity index (χ3n) is 6.41. The first-order valence-electron chi connectivity index (χ1n) is 11.9. The van der Waals surface area contributed by atoms with Gasteiger partial charge in [-0.1, -0.05) is 0 Å². The molecule has 2 aliphatic rings. The Kier molecular flexibility index (Phi) is 9.01. The summed E-state index contributed by atoms with van der Waals surface area (Å²) in [4.78, 5) is 0. The summed E-state index contributed by atoms with van der Waals surface area (Å²) in [7, 11) is 0. The van der Waals surface area contributed by atoms with E-state index in [1.165, 1.54) is 0 Å². The van der Waals surface area contributed by atoms with Gasteiger partial charge in [-0.25, -0.2) is 0 Å². The third-order valence-corrected chi connectivity index (χ3v) is 7.14. The predicted molar refractivity (Wildman–Crippen MR) is 133 cm³/mol. The fourth-order valence-electron chi connectivity index (χ4n) is 6.15. The maximum Gasteiger partial charge on any atom is 0.0474 e. The van der Waals surface area contributed by atoms with E-state index in [0.29, 0.717) is 12.1 Å². The molecule has 2 saturated heterocycles. The van der Waals surface area contributed by atoms with Crippen molar-refractivity contribution < 1.29 is 0 Å². The van der Waals surface area contributed by atoms with Crippen LogP contribution in [0, 0.1) is 0 Å². The zero-order valence-electron chi connectivity index (χ0n) is 20.7. The van der Waals surface area contributed by atoms with E-state index in [-0.39, 0.29) is 32.9 Å². The smallest absolute Gasteiger partial charge is 0.0474 e. The quantitative estimate of drug-likeness (QED) is 0.372. The maximum absolute atomic E-state index is 6.65. The van der Waals surface area contributed by atoms with Crippen LogP contribution in [0.4, 0.5) is 0 Å². The summed E-state index contributed by atoms with van der Waals surface area (Å²) in [6, 6.07) is 1.04. The summed E-state index contributed by atoms with van der Waals surface area (Å²) >= 11 is 13.3. The average molecular weight is 464 g/mol. The Morgan fingerprint density at radius 2 is 1.10 bits per heavy atom. The van der Waals surface area contributed by atoms with Gasteiger partial charge in [0, 0.05) is 51.5 Å². The molecule has 0 amide bonds. The molecule has 2 unspecified atom stereocenters. The van der Waals surface area contributed by atoms with E-state index in [1.807, 2.05) is 0 Å². The number of hydrogen-bond donors (Lipinski definition) is 4. The fourth-order valence-corrected chi connectivity index (χ4v) is 6.87. The highest BCUT2D eigenvalue weighted by Crippen LogP contribution is 2.30. The molecule has 2 fully saturated rings. The topological polar surface area (TPSA) is 48.1 Å². The number of halogens is 2. The first kappa shape index (κ1) is 26.7. The lowest BCUT2D eigenvalue weighted by Crippen LogP contribution is -2.62. The van der Waals surface area contributed by atoms with Crippen molar-refractivity contribution >= 4 is 23.2 Å². The first-order chi connectivity index (χ1) is 13.6. The Balaban J connectivity index is 1.67. The molecule has 4 N–H and O–H groups in total. The third kappa shape index (κ3) is 9.50. The normalized spacial score (nSPS) is 28.2. The molecular formula is C24H48Cl2N4. The van der Waals surface area contributed by atoms with Gasteiger partial charge < -0.3 is 21.3 Å². The van der Waals surface area contributed by atoms with Crippen molar-refractivity contribution in [2.24, 2.45) is 0 Å². The molecule has 0 aromatic rings. The second-order valence-corrected chi connectivity index (χ2v) is 13.8. The lowest BCUT2D eigenvalue weighted by atomic mass is 9.79. The van der Waals surface area contributed by atoms with Gasteiger partial charge in [0.05, 0.1) is 0 Å². The molecule has 0 bridgehead atoms. The average Bonchev–Trinajstić information content (AvgIpc) is 2.46. The maximum atomic E-state index is 6.65. The molecule has 2 heterocycles. The largest absolute Gasteiger partial charge is 0.314 e. The Hall–Kier alpha value is 0.420. The molecule has 0 saturated carbocycles. The van der Waals surface area contributed by atoms with E-state index in [1.54, 1.807) is 0 Å². The van der Waals surface area contributed by atoms with Crippen LogP contribution < -0.4 is 21.3 Å². The first-order valence-corrected chi connectivity index (χ1v) is 12.8. The predicted octanol–water partition coefficient (Wildman–Crippen LogP) is 4.78. The zero-order valence-corrected chi connectivity index (χ0v) is 22.2. The Morgan fingerprint density at radius 3 is 1.53 bits per heavy atom. The van der Waals surface area contributed by atoms with E-state index in [0.717, 1.165) is 51.6 Å². The summed E-state index contributed by atoms with van der Waals surface area (Å²) in [6.07, 6.45) is 6.35. The van der Waals surface area contributed by atoms with Crippen LogP contribution in [-0.4, -0.2) is 58.1 Å². The number of piperidine rings is 2. The highest BCUT2D eigenvalue weighted by atomic mass is 35.5. The van der Waals surface area contributed by atoms with Crippen LogP contribution in [0.5, 0.6) is 0 Å². The minimum atomic E-state index is 0.0744. The Labute approximate surface area is 196 Å². The van der Waals surface area contributed by atoms with Crippen LogP contribution in [-0.2, 0) is 0 Å². The van der Waals surface area contributed by atoms with E-state index in [9.17, 15) is 0 Å². The summed E-state index contributed by atoms with van der Waals surface area (Å²) in [5, 5.41) is 15.1. The highest BCUT2D eigenvalue weighted by Gasteiger charge is 2.38. The van der Waals surface area contributed by atoms with Gasteiger partial charge in [-0.2, -0.15) is 0 Å². The molecule has 0 spiro atoms. The second-order valence-electron chi connectivity index (χ2n) is 12.6. The summed E-state index contributed by atoms with van der Waals surface area (Å²) in [6.45, 7) is 20.1. The van der Waals surface area contributed by atoms with Gasteiger partial charge >= 0.3 is 0 Å². The summed E-state index contributed by atoms with van der Waals surface area (Å²) in [5.41, 5.74) is 0.647. The van der Waals surface area contributed by atoms with Crippen LogP contribution in [0.2, 0.25) is 0 Å². The van der Waals surface area contributed by atoms with Crippen molar-refractivity contribution in [1.82, 2.24) is 21.3 Å². The SMILES string of the molecule is CC1(C)CC(NCCC(Cl)CC(Cl)CNC2CC(C)(C)NC(C)(C)C2)CC(C)(C)N1. The molecule has 2 rings (SSSR count). The van der Waals surface area contributed by atoms with Gasteiger partial charge in [-0.05, 0) is 100 Å². The van der Waals surface area contributed by atoms with Crippen molar-refractivity contribution in [2.45, 2.75) is 139 Å². The zero-order chi connectivity index (χ0) is 22.8. The number of hydrogen-bond acceptors (Lipinski definition) is 4. The molecule has 0 aliphatic carbocycles. The van der Waals surface area contributed by atoms with E-state index >= 15 is 0 Å². The van der Waals surface area contributed by atoms with Crippen LogP contribution in [0.15, 0.2) is 0 Å². The van der Waals surface area contributed by atoms with Crippen molar-refractivity contribution in [3.8, 4) is 0 Å². The van der Waals surface area contributed by atoms with Gasteiger partial charge in [-0.3, -0.25) is 0 Å². The number of rotatable bonds is 9. The Bertz CT molecular complexity index is 515. The van der Waals surface area contributed by atoms with E-state index < -0.39 is 0 Å². The lowest BCUT2D eigenvalue weighted by Gasteiger charge is -2.47. The van der Waals surface area contributed by atoms with Gasteiger partial charge in [0.25, 0.3) is 0 Å². The number of nitrogens with one attached hydrogen (secondary N) is 4. The van der Waals surface area contributed by atoms with Crippen LogP contribution in [0.3, 0.4) is 0 Å². The van der Waals surface area contributed by atoms with E-state index in [4.69, 9.17) is 23.2 Å². The van der Waals surface area contributed by atoms with Crippen molar-refractivity contribution in [2.75, 3.05) is 13.1 Å². The summed E-state index contributed by atoms with van der Waals surface area (Å²) < 4.78 is 0. The fraction of sp³-hybridized carbons (Fsp3) is 1.00. The lowest BCUT2D eigenvalue weighted by molar-refractivity contribution is 0.145. The molecule has 30 heavy (non-hydrogen) atoms. The molecule has 0 radical (unpaired) electrons. The van der Waals surface area contributed by atoms with Gasteiger partial charge in [0.2, 0.25) is 0 Å². The van der Waals surface area contributed by atoms with Gasteiger partial charge in [0.1, 0.15) is 0 Å². The molecule has 0 aromatic heterocycles. The molecule has 2 atom stereocenters. The van der Waals surface area contributed by atoms with Crippen LogP contribution >= 0.6 is 23.2 Å². The van der Waals surface area contributed by atoms with E-state index in [2.05, 4.69) is 76.7 Å². The number of alkyl halides is 2. The standard InChI is InChI=1S/C24H48Cl2N4/c1-21(2)12-19(13-22(3,4)29-21)27-10-9-17(25)11-18(26)16-28-20-14-23(5,6)30-24(7,8)15-20/h17-20,27-30H,9-16H2,1-8H3. The van der Waals surface area contributed by atoms with Crippen LogP contribution in [0.1, 0.15) is 93.9 Å². The summed E-state index contributed by atoms with van der Waals surface area (Å²) in [5.74, 6) is 0. The van der Waals surface area contributed by atoms with Gasteiger partial charge in [-0.15, -0.1) is 23.2 Å². The second kappa shape index (κ2) is 10.1. The minimum absolute atomic E-state index is 0.0744. The molecule has 178 valence electrons. The van der Waals surface area contributed by atoms with Gasteiger partial charge in [0.15, 0.2) is 0 Å². The van der Waals surface area contributed by atoms with Crippen molar-refractivity contribution in [1.29, 1.82) is 0 Å². The minimum Gasteiger partial charge on any atom is -0.314 e. The molecule has 4 nitrogen and oxygen atoms in total. The van der Waals surface area contributed by atoms with Crippen molar-refractivity contribution in [3.63, 3.8) is 0 Å².